The zero-order valence-electron chi connectivity index (χ0n) is 13.4. The molecule has 1 unspecified atom stereocenters. The molecule has 0 aliphatic rings. The third-order valence-electron chi connectivity index (χ3n) is 3.68. The zero-order chi connectivity index (χ0) is 14.6. The van der Waals surface area contributed by atoms with E-state index >= 15 is 0 Å². The molecular formula is C15H28N4. The lowest BCUT2D eigenvalue weighted by Gasteiger charge is -2.31. The van der Waals surface area contributed by atoms with E-state index in [-0.39, 0.29) is 0 Å². The fourth-order valence-electron chi connectivity index (χ4n) is 1.96. The summed E-state index contributed by atoms with van der Waals surface area (Å²) in [4.78, 5) is 11.5. The van der Waals surface area contributed by atoms with Crippen LogP contribution in [0.2, 0.25) is 0 Å². The Bertz CT molecular complexity index is 401. The minimum atomic E-state index is 0.359. The lowest BCUT2D eigenvalue weighted by atomic mass is 10.0. The first kappa shape index (κ1) is 15.9. The van der Waals surface area contributed by atoms with E-state index in [1.807, 2.05) is 13.2 Å². The highest BCUT2D eigenvalue weighted by Gasteiger charge is 2.18. The van der Waals surface area contributed by atoms with Crippen molar-refractivity contribution in [3.05, 3.63) is 17.7 Å². The average molecular weight is 264 g/mol. The molecule has 1 aromatic rings. The van der Waals surface area contributed by atoms with Gasteiger partial charge >= 0.3 is 0 Å². The number of hydrogen-bond donors (Lipinski definition) is 1. The number of anilines is 1. The van der Waals surface area contributed by atoms with Crippen molar-refractivity contribution in [3.8, 4) is 0 Å². The molecule has 0 bridgehead atoms. The summed E-state index contributed by atoms with van der Waals surface area (Å²) >= 11 is 0. The van der Waals surface area contributed by atoms with Crippen LogP contribution >= 0.6 is 0 Å². The standard InChI is InChI=1S/C15H28N4/c1-10(2)12(5)19(7)14-9-17-15(11(3)4)18-13(14)8-16-6/h9-12,16H,8H2,1-7H3. The van der Waals surface area contributed by atoms with Gasteiger partial charge in [0.2, 0.25) is 0 Å². The largest absolute Gasteiger partial charge is 0.369 e. The van der Waals surface area contributed by atoms with Gasteiger partial charge in [-0.2, -0.15) is 0 Å². The SMILES string of the molecule is CNCc1nc(C(C)C)ncc1N(C)C(C)C(C)C. The fraction of sp³-hybridized carbons (Fsp3) is 0.733. The van der Waals surface area contributed by atoms with Gasteiger partial charge in [0.1, 0.15) is 5.82 Å². The minimum absolute atomic E-state index is 0.359. The summed E-state index contributed by atoms with van der Waals surface area (Å²) in [5.74, 6) is 1.87. The van der Waals surface area contributed by atoms with Gasteiger partial charge in [0.05, 0.1) is 17.6 Å². The fourth-order valence-corrected chi connectivity index (χ4v) is 1.96. The monoisotopic (exact) mass is 264 g/mol. The lowest BCUT2D eigenvalue weighted by molar-refractivity contribution is 0.502. The van der Waals surface area contributed by atoms with Crippen LogP contribution in [-0.2, 0) is 6.54 Å². The molecule has 0 radical (unpaired) electrons. The Kier molecular flexibility index (Phi) is 5.73. The Labute approximate surface area is 117 Å². The van der Waals surface area contributed by atoms with Gasteiger partial charge in [-0.25, -0.2) is 9.97 Å². The van der Waals surface area contributed by atoms with E-state index < -0.39 is 0 Å². The number of rotatable bonds is 6. The van der Waals surface area contributed by atoms with Crippen LogP contribution in [0.5, 0.6) is 0 Å². The van der Waals surface area contributed by atoms with Crippen molar-refractivity contribution >= 4 is 5.69 Å². The molecule has 0 amide bonds. The van der Waals surface area contributed by atoms with Gasteiger partial charge in [-0.1, -0.05) is 27.7 Å². The maximum absolute atomic E-state index is 4.71. The molecule has 0 aromatic carbocycles. The predicted octanol–water partition coefficient (Wildman–Crippen LogP) is 2.80. The Morgan fingerprint density at radius 3 is 2.32 bits per heavy atom. The first-order chi connectivity index (χ1) is 8.88. The average Bonchev–Trinajstić information content (AvgIpc) is 2.37. The number of nitrogens with one attached hydrogen (secondary N) is 1. The summed E-state index contributed by atoms with van der Waals surface area (Å²) in [7, 11) is 4.07. The molecule has 1 heterocycles. The molecule has 19 heavy (non-hydrogen) atoms. The molecule has 0 saturated heterocycles. The molecule has 1 rings (SSSR count). The summed E-state index contributed by atoms with van der Waals surface area (Å²) in [5, 5.41) is 3.20. The van der Waals surface area contributed by atoms with Gasteiger partial charge in [0.15, 0.2) is 0 Å². The second-order valence-corrected chi connectivity index (χ2v) is 5.84. The Balaban J connectivity index is 3.11. The van der Waals surface area contributed by atoms with E-state index in [9.17, 15) is 0 Å². The topological polar surface area (TPSA) is 41.1 Å². The summed E-state index contributed by atoms with van der Waals surface area (Å²) in [6, 6.07) is 0.462. The maximum Gasteiger partial charge on any atom is 0.131 e. The van der Waals surface area contributed by atoms with Crippen LogP contribution in [0.15, 0.2) is 6.20 Å². The van der Waals surface area contributed by atoms with Gasteiger partial charge < -0.3 is 10.2 Å². The van der Waals surface area contributed by atoms with Crippen molar-refractivity contribution in [2.45, 2.75) is 53.1 Å². The van der Waals surface area contributed by atoms with Crippen LogP contribution in [0.3, 0.4) is 0 Å². The van der Waals surface area contributed by atoms with E-state index in [1.54, 1.807) is 0 Å². The first-order valence-electron chi connectivity index (χ1n) is 7.11. The molecule has 0 aliphatic heterocycles. The van der Waals surface area contributed by atoms with Crippen molar-refractivity contribution in [1.82, 2.24) is 15.3 Å². The normalized spacial score (nSPS) is 13.1. The predicted molar refractivity (Wildman–Crippen MR) is 81.6 cm³/mol. The Morgan fingerprint density at radius 2 is 1.84 bits per heavy atom. The molecule has 1 atom stereocenters. The van der Waals surface area contributed by atoms with Crippen LogP contribution in [0, 0.1) is 5.92 Å². The van der Waals surface area contributed by atoms with E-state index in [1.165, 1.54) is 0 Å². The van der Waals surface area contributed by atoms with Gasteiger partial charge in [-0.15, -0.1) is 0 Å². The number of nitrogens with zero attached hydrogens (tertiary/aromatic N) is 3. The molecule has 1 aromatic heterocycles. The quantitative estimate of drug-likeness (QED) is 0.858. The molecule has 0 saturated carbocycles. The van der Waals surface area contributed by atoms with Crippen LogP contribution < -0.4 is 10.2 Å². The molecule has 1 N–H and O–H groups in total. The van der Waals surface area contributed by atoms with Gasteiger partial charge in [0.25, 0.3) is 0 Å². The second-order valence-electron chi connectivity index (χ2n) is 5.84. The summed E-state index contributed by atoms with van der Waals surface area (Å²) < 4.78 is 0. The van der Waals surface area contributed by atoms with Crippen LogP contribution in [0.4, 0.5) is 5.69 Å². The number of hydrogen-bond acceptors (Lipinski definition) is 4. The number of aromatic nitrogens is 2. The van der Waals surface area contributed by atoms with Crippen molar-refractivity contribution in [2.24, 2.45) is 5.92 Å². The van der Waals surface area contributed by atoms with Gasteiger partial charge in [0, 0.05) is 25.6 Å². The Hall–Kier alpha value is -1.16. The van der Waals surface area contributed by atoms with Crippen molar-refractivity contribution in [3.63, 3.8) is 0 Å². The highest BCUT2D eigenvalue weighted by Crippen LogP contribution is 2.23. The zero-order valence-corrected chi connectivity index (χ0v) is 13.4. The Morgan fingerprint density at radius 1 is 1.21 bits per heavy atom. The minimum Gasteiger partial charge on any atom is -0.369 e. The summed E-state index contributed by atoms with van der Waals surface area (Å²) in [5.41, 5.74) is 2.20. The van der Waals surface area contributed by atoms with E-state index in [2.05, 4.69) is 56.9 Å². The van der Waals surface area contributed by atoms with Gasteiger partial charge in [-0.05, 0) is 19.9 Å². The van der Waals surface area contributed by atoms with Crippen LogP contribution in [0.1, 0.15) is 52.1 Å². The molecule has 4 nitrogen and oxygen atoms in total. The maximum atomic E-state index is 4.71. The van der Waals surface area contributed by atoms with E-state index in [0.717, 1.165) is 23.8 Å². The van der Waals surface area contributed by atoms with Crippen molar-refractivity contribution in [2.75, 3.05) is 19.0 Å². The molecule has 0 aliphatic carbocycles. The molecule has 0 fully saturated rings. The molecule has 4 heteroatoms. The van der Waals surface area contributed by atoms with Crippen molar-refractivity contribution < 1.29 is 0 Å². The van der Waals surface area contributed by atoms with E-state index in [4.69, 9.17) is 4.98 Å². The third-order valence-corrected chi connectivity index (χ3v) is 3.68. The highest BCUT2D eigenvalue weighted by atomic mass is 15.2. The van der Waals surface area contributed by atoms with Crippen LogP contribution in [0.25, 0.3) is 0 Å². The van der Waals surface area contributed by atoms with Crippen LogP contribution in [-0.4, -0.2) is 30.1 Å². The molecule has 0 spiro atoms. The first-order valence-corrected chi connectivity index (χ1v) is 7.11. The second kappa shape index (κ2) is 6.85. The third kappa shape index (κ3) is 3.90. The molecular weight excluding hydrogens is 236 g/mol. The smallest absolute Gasteiger partial charge is 0.131 e. The lowest BCUT2D eigenvalue weighted by Crippen LogP contribution is -2.34. The van der Waals surface area contributed by atoms with Gasteiger partial charge in [-0.3, -0.25) is 0 Å². The summed E-state index contributed by atoms with van der Waals surface area (Å²) in [6.07, 6.45) is 1.97. The highest BCUT2D eigenvalue weighted by molar-refractivity contribution is 5.49. The molecule has 108 valence electrons. The summed E-state index contributed by atoms with van der Waals surface area (Å²) in [6.45, 7) is 11.7. The van der Waals surface area contributed by atoms with E-state index in [0.29, 0.717) is 17.9 Å². The van der Waals surface area contributed by atoms with Crippen molar-refractivity contribution in [1.29, 1.82) is 0 Å².